The van der Waals surface area contributed by atoms with Gasteiger partial charge in [0.2, 0.25) is 5.91 Å². The van der Waals surface area contributed by atoms with E-state index in [-0.39, 0.29) is 5.91 Å². The van der Waals surface area contributed by atoms with E-state index in [0.29, 0.717) is 11.5 Å². The molecule has 1 aliphatic rings. The van der Waals surface area contributed by atoms with Gasteiger partial charge in [-0.25, -0.2) is 0 Å². The number of nitrogens with one attached hydrogen (secondary N) is 1. The lowest BCUT2D eigenvalue weighted by Crippen LogP contribution is -2.22. The highest BCUT2D eigenvalue weighted by Gasteiger charge is 2.08. The maximum absolute atomic E-state index is 11.0. The topological polar surface area (TPSA) is 29.1 Å². The molecule has 1 N–H and O–H groups in total. The SMILES string of the molecule is CCC(=O)NC1=CCCC=C1Cl. The van der Waals surface area contributed by atoms with E-state index in [4.69, 9.17) is 11.6 Å². The summed E-state index contributed by atoms with van der Waals surface area (Å²) in [5.41, 5.74) is 0.759. The lowest BCUT2D eigenvalue weighted by molar-refractivity contribution is -0.120. The molecule has 12 heavy (non-hydrogen) atoms. The van der Waals surface area contributed by atoms with E-state index in [1.807, 2.05) is 19.1 Å². The molecule has 0 aliphatic heterocycles. The predicted molar refractivity (Wildman–Crippen MR) is 49.7 cm³/mol. The van der Waals surface area contributed by atoms with Crippen LogP contribution in [-0.2, 0) is 4.79 Å². The lowest BCUT2D eigenvalue weighted by Gasteiger charge is -2.11. The van der Waals surface area contributed by atoms with Gasteiger partial charge in [-0.05, 0) is 12.8 Å². The molecule has 0 aromatic heterocycles. The van der Waals surface area contributed by atoms with Crippen LogP contribution in [0.25, 0.3) is 0 Å². The van der Waals surface area contributed by atoms with E-state index in [1.54, 1.807) is 0 Å². The fourth-order valence-electron chi connectivity index (χ4n) is 0.995. The van der Waals surface area contributed by atoms with Crippen LogP contribution in [0.1, 0.15) is 26.2 Å². The zero-order valence-corrected chi connectivity index (χ0v) is 7.82. The highest BCUT2D eigenvalue weighted by Crippen LogP contribution is 2.19. The Bertz CT molecular complexity index is 243. The molecule has 0 heterocycles. The third-order valence-corrected chi connectivity index (χ3v) is 2.05. The van der Waals surface area contributed by atoms with Gasteiger partial charge < -0.3 is 5.32 Å². The fraction of sp³-hybridized carbons (Fsp3) is 0.444. The van der Waals surface area contributed by atoms with E-state index < -0.39 is 0 Å². The average molecular weight is 186 g/mol. The van der Waals surface area contributed by atoms with Crippen molar-refractivity contribution in [3.8, 4) is 0 Å². The molecule has 3 heteroatoms. The molecule has 0 radical (unpaired) electrons. The molecule has 1 aliphatic carbocycles. The Kier molecular flexibility index (Phi) is 3.35. The number of carbonyl (C=O) groups is 1. The van der Waals surface area contributed by atoms with Crippen molar-refractivity contribution in [2.24, 2.45) is 0 Å². The van der Waals surface area contributed by atoms with Crippen molar-refractivity contribution < 1.29 is 4.79 Å². The van der Waals surface area contributed by atoms with E-state index in [9.17, 15) is 4.79 Å². The number of hydrogen-bond acceptors (Lipinski definition) is 1. The quantitative estimate of drug-likeness (QED) is 0.703. The van der Waals surface area contributed by atoms with Crippen LogP contribution in [0, 0.1) is 0 Å². The Balaban J connectivity index is 2.57. The monoisotopic (exact) mass is 185 g/mol. The fourth-order valence-corrected chi connectivity index (χ4v) is 1.23. The molecule has 2 nitrogen and oxygen atoms in total. The minimum Gasteiger partial charge on any atom is -0.325 e. The van der Waals surface area contributed by atoms with Crippen LogP contribution in [-0.4, -0.2) is 5.91 Å². The summed E-state index contributed by atoms with van der Waals surface area (Å²) >= 11 is 5.86. The van der Waals surface area contributed by atoms with Crippen molar-refractivity contribution in [3.05, 3.63) is 22.9 Å². The molecule has 0 bridgehead atoms. The smallest absolute Gasteiger partial charge is 0.224 e. The number of hydrogen-bond donors (Lipinski definition) is 1. The minimum absolute atomic E-state index is 0.00898. The highest BCUT2D eigenvalue weighted by molar-refractivity contribution is 6.32. The Labute approximate surface area is 77.3 Å². The van der Waals surface area contributed by atoms with Crippen LogP contribution < -0.4 is 5.32 Å². The van der Waals surface area contributed by atoms with Gasteiger partial charge >= 0.3 is 0 Å². The largest absolute Gasteiger partial charge is 0.325 e. The van der Waals surface area contributed by atoms with E-state index in [1.165, 1.54) is 0 Å². The molecule has 0 saturated carbocycles. The number of halogens is 1. The molecular weight excluding hydrogens is 174 g/mol. The standard InChI is InChI=1S/C9H12ClNO/c1-2-9(12)11-8-6-4-3-5-7(8)10/h5-6H,2-4H2,1H3,(H,11,12). The van der Waals surface area contributed by atoms with Gasteiger partial charge in [-0.1, -0.05) is 30.7 Å². The Morgan fingerprint density at radius 1 is 1.58 bits per heavy atom. The lowest BCUT2D eigenvalue weighted by atomic mass is 10.1. The van der Waals surface area contributed by atoms with Crippen LogP contribution in [0.15, 0.2) is 22.9 Å². The summed E-state index contributed by atoms with van der Waals surface area (Å²) in [5, 5.41) is 3.40. The summed E-state index contributed by atoms with van der Waals surface area (Å²) in [4.78, 5) is 11.0. The van der Waals surface area contributed by atoms with Crippen molar-refractivity contribution in [2.45, 2.75) is 26.2 Å². The molecule has 0 fully saturated rings. The summed E-state index contributed by atoms with van der Waals surface area (Å²) in [6.45, 7) is 1.82. The summed E-state index contributed by atoms with van der Waals surface area (Å²) in [7, 11) is 0. The first kappa shape index (κ1) is 9.33. The van der Waals surface area contributed by atoms with E-state index >= 15 is 0 Å². The van der Waals surface area contributed by atoms with E-state index in [2.05, 4.69) is 5.32 Å². The molecular formula is C9H12ClNO. The number of carbonyl (C=O) groups excluding carboxylic acids is 1. The second kappa shape index (κ2) is 4.31. The van der Waals surface area contributed by atoms with Crippen molar-refractivity contribution >= 4 is 17.5 Å². The molecule has 66 valence electrons. The van der Waals surface area contributed by atoms with Gasteiger partial charge in [-0.15, -0.1) is 0 Å². The Hall–Kier alpha value is -0.760. The van der Waals surface area contributed by atoms with Crippen LogP contribution in [0.4, 0.5) is 0 Å². The molecule has 0 saturated heterocycles. The van der Waals surface area contributed by atoms with Gasteiger partial charge in [-0.2, -0.15) is 0 Å². The van der Waals surface area contributed by atoms with Gasteiger partial charge in [0, 0.05) is 6.42 Å². The van der Waals surface area contributed by atoms with Gasteiger partial charge in [-0.3, -0.25) is 4.79 Å². The molecule has 0 aromatic carbocycles. The van der Waals surface area contributed by atoms with Crippen LogP contribution in [0.5, 0.6) is 0 Å². The first-order valence-electron chi connectivity index (χ1n) is 4.10. The average Bonchev–Trinajstić information content (AvgIpc) is 2.09. The summed E-state index contributed by atoms with van der Waals surface area (Å²) in [6.07, 6.45) is 6.28. The van der Waals surface area contributed by atoms with Gasteiger partial charge in [0.15, 0.2) is 0 Å². The number of allylic oxidation sites excluding steroid dienone is 3. The van der Waals surface area contributed by atoms with Crippen molar-refractivity contribution in [1.82, 2.24) is 5.32 Å². The number of rotatable bonds is 2. The predicted octanol–water partition coefficient (Wildman–Crippen LogP) is 2.31. The van der Waals surface area contributed by atoms with Crippen molar-refractivity contribution in [3.63, 3.8) is 0 Å². The number of amides is 1. The summed E-state index contributed by atoms with van der Waals surface area (Å²) in [5.74, 6) is 0.00898. The highest BCUT2D eigenvalue weighted by atomic mass is 35.5. The summed E-state index contributed by atoms with van der Waals surface area (Å²) < 4.78 is 0. The van der Waals surface area contributed by atoms with Crippen molar-refractivity contribution in [2.75, 3.05) is 0 Å². The third kappa shape index (κ3) is 2.38. The zero-order valence-electron chi connectivity index (χ0n) is 7.06. The minimum atomic E-state index is 0.00898. The zero-order chi connectivity index (χ0) is 8.97. The third-order valence-electron chi connectivity index (χ3n) is 1.69. The molecule has 0 aromatic rings. The normalized spacial score (nSPS) is 16.5. The van der Waals surface area contributed by atoms with Crippen molar-refractivity contribution in [1.29, 1.82) is 0 Å². The first-order chi connectivity index (χ1) is 5.74. The maximum Gasteiger partial charge on any atom is 0.224 e. The van der Waals surface area contributed by atoms with Gasteiger partial charge in [0.25, 0.3) is 0 Å². The van der Waals surface area contributed by atoms with Crippen LogP contribution in [0.3, 0.4) is 0 Å². The molecule has 1 amide bonds. The first-order valence-corrected chi connectivity index (χ1v) is 4.48. The van der Waals surface area contributed by atoms with Crippen LogP contribution >= 0.6 is 11.6 Å². The molecule has 0 atom stereocenters. The van der Waals surface area contributed by atoms with Crippen LogP contribution in [0.2, 0.25) is 0 Å². The second-order valence-electron chi connectivity index (χ2n) is 2.65. The Morgan fingerprint density at radius 3 is 2.83 bits per heavy atom. The molecule has 0 unspecified atom stereocenters. The van der Waals surface area contributed by atoms with Gasteiger partial charge in [0.05, 0.1) is 10.7 Å². The summed E-state index contributed by atoms with van der Waals surface area (Å²) in [6, 6.07) is 0. The Morgan fingerprint density at radius 2 is 2.25 bits per heavy atom. The second-order valence-corrected chi connectivity index (χ2v) is 3.06. The van der Waals surface area contributed by atoms with E-state index in [0.717, 1.165) is 18.5 Å². The molecule has 1 rings (SSSR count). The maximum atomic E-state index is 11.0. The molecule has 0 spiro atoms. The van der Waals surface area contributed by atoms with Gasteiger partial charge in [0.1, 0.15) is 0 Å².